The third kappa shape index (κ3) is 4.71. The van der Waals surface area contributed by atoms with E-state index in [1.165, 1.54) is 18.2 Å². The summed E-state index contributed by atoms with van der Waals surface area (Å²) in [5, 5.41) is 3.35. The monoisotopic (exact) mass is 459 g/mol. The van der Waals surface area contributed by atoms with Crippen molar-refractivity contribution in [3.63, 3.8) is 0 Å². The fourth-order valence-electron chi connectivity index (χ4n) is 3.76. The number of fused-ring (bicyclic) bond motifs is 1. The largest absolute Gasteiger partial charge is 0.483 e. The first-order valence-electron chi connectivity index (χ1n) is 11.1. The van der Waals surface area contributed by atoms with Crippen LogP contribution in [0.15, 0.2) is 65.1 Å². The Bertz CT molecular complexity index is 1390. The van der Waals surface area contributed by atoms with Crippen molar-refractivity contribution >= 4 is 28.3 Å². The molecule has 0 spiro atoms. The van der Waals surface area contributed by atoms with Gasteiger partial charge in [-0.15, -0.1) is 0 Å². The molecule has 0 radical (unpaired) electrons. The smallest absolute Gasteiger partial charge is 0.262 e. The summed E-state index contributed by atoms with van der Waals surface area (Å²) in [7, 11) is 0. The molecule has 0 atom stereocenters. The maximum atomic E-state index is 14.1. The van der Waals surface area contributed by atoms with Crippen LogP contribution >= 0.6 is 0 Å². The topological polar surface area (TPSA) is 68.5 Å². The van der Waals surface area contributed by atoms with E-state index in [-0.39, 0.29) is 29.5 Å². The zero-order valence-corrected chi connectivity index (χ0v) is 19.6. The van der Waals surface area contributed by atoms with Crippen molar-refractivity contribution in [1.29, 1.82) is 0 Å². The summed E-state index contributed by atoms with van der Waals surface area (Å²) in [6, 6.07) is 17.1. The van der Waals surface area contributed by atoms with E-state index in [1.54, 1.807) is 31.2 Å². The molecule has 0 saturated heterocycles. The minimum absolute atomic E-state index is 0.0590. The van der Waals surface area contributed by atoms with Crippen molar-refractivity contribution in [2.75, 3.05) is 11.9 Å². The van der Waals surface area contributed by atoms with E-state index >= 15 is 0 Å². The van der Waals surface area contributed by atoms with Crippen molar-refractivity contribution in [3.8, 4) is 5.75 Å². The van der Waals surface area contributed by atoms with Gasteiger partial charge in [0, 0.05) is 10.9 Å². The van der Waals surface area contributed by atoms with Gasteiger partial charge in [-0.25, -0.2) is 4.39 Å². The summed E-state index contributed by atoms with van der Waals surface area (Å²) < 4.78 is 25.7. The van der Waals surface area contributed by atoms with Crippen LogP contribution < -0.4 is 10.1 Å². The van der Waals surface area contributed by atoms with E-state index in [0.717, 1.165) is 11.1 Å². The zero-order chi connectivity index (χ0) is 24.4. The highest BCUT2D eigenvalue weighted by atomic mass is 19.1. The van der Waals surface area contributed by atoms with Crippen molar-refractivity contribution in [1.82, 2.24) is 0 Å². The quantitative estimate of drug-likeness (QED) is 0.318. The van der Waals surface area contributed by atoms with Crippen LogP contribution in [0.4, 0.5) is 10.1 Å². The Kier molecular flexibility index (Phi) is 6.50. The Morgan fingerprint density at radius 3 is 2.53 bits per heavy atom. The Morgan fingerprint density at radius 2 is 1.79 bits per heavy atom. The van der Waals surface area contributed by atoms with Gasteiger partial charge in [0.2, 0.25) is 5.78 Å². The number of rotatable bonds is 7. The lowest BCUT2D eigenvalue weighted by molar-refractivity contribution is -0.118. The first-order chi connectivity index (χ1) is 16.2. The molecule has 4 rings (SSSR count). The first-order valence-corrected chi connectivity index (χ1v) is 11.1. The molecule has 174 valence electrons. The zero-order valence-electron chi connectivity index (χ0n) is 19.6. The number of furan rings is 1. The lowest BCUT2D eigenvalue weighted by Gasteiger charge is -2.15. The van der Waals surface area contributed by atoms with E-state index in [0.29, 0.717) is 22.3 Å². The third-order valence-corrected chi connectivity index (χ3v) is 5.65. The number of hydrogen-bond acceptors (Lipinski definition) is 4. The summed E-state index contributed by atoms with van der Waals surface area (Å²) in [6.45, 7) is 7.45. The van der Waals surface area contributed by atoms with E-state index < -0.39 is 17.5 Å². The Balaban J connectivity index is 1.62. The number of ketones is 1. The van der Waals surface area contributed by atoms with Crippen molar-refractivity contribution in [2.24, 2.45) is 0 Å². The molecule has 0 aliphatic rings. The van der Waals surface area contributed by atoms with Crippen LogP contribution in [0.25, 0.3) is 11.0 Å². The number of nitrogens with one attached hydrogen (secondary N) is 1. The average molecular weight is 460 g/mol. The second-order valence-electron chi connectivity index (χ2n) is 8.63. The molecule has 1 amide bonds. The SMILES string of the molecule is Cc1ccc(C(C)C)c(OCC(=O)Nc2c(C(=O)c3ccc(C)c(F)c3)oc3ccccc23)c1. The molecule has 0 bridgehead atoms. The molecular weight excluding hydrogens is 433 g/mol. The van der Waals surface area contributed by atoms with Gasteiger partial charge in [0.05, 0.1) is 5.69 Å². The predicted molar refractivity (Wildman–Crippen MR) is 130 cm³/mol. The van der Waals surface area contributed by atoms with Crippen molar-refractivity contribution in [3.05, 3.63) is 94.5 Å². The molecule has 0 unspecified atom stereocenters. The van der Waals surface area contributed by atoms with Gasteiger partial charge in [0.15, 0.2) is 12.4 Å². The Morgan fingerprint density at radius 1 is 1.03 bits per heavy atom. The van der Waals surface area contributed by atoms with E-state index in [1.807, 2.05) is 25.1 Å². The average Bonchev–Trinajstić information content (AvgIpc) is 3.17. The van der Waals surface area contributed by atoms with Crippen LogP contribution in [-0.2, 0) is 4.79 Å². The van der Waals surface area contributed by atoms with Crippen LogP contribution in [0.3, 0.4) is 0 Å². The van der Waals surface area contributed by atoms with Crippen molar-refractivity contribution in [2.45, 2.75) is 33.6 Å². The van der Waals surface area contributed by atoms with Gasteiger partial charge in [0.25, 0.3) is 5.91 Å². The second kappa shape index (κ2) is 9.51. The Hall–Kier alpha value is -3.93. The number of para-hydroxylation sites is 1. The fraction of sp³-hybridized carbons (Fsp3) is 0.214. The van der Waals surface area contributed by atoms with Crippen LogP contribution in [0.2, 0.25) is 0 Å². The number of ether oxygens (including phenoxy) is 1. The first kappa shape index (κ1) is 23.2. The van der Waals surface area contributed by atoms with E-state index in [9.17, 15) is 14.0 Å². The number of halogens is 1. The van der Waals surface area contributed by atoms with Gasteiger partial charge in [-0.2, -0.15) is 0 Å². The highest BCUT2D eigenvalue weighted by Crippen LogP contribution is 2.33. The molecule has 5 nitrogen and oxygen atoms in total. The van der Waals surface area contributed by atoms with Crippen LogP contribution in [-0.4, -0.2) is 18.3 Å². The highest BCUT2D eigenvalue weighted by molar-refractivity contribution is 6.17. The molecule has 0 aliphatic carbocycles. The number of anilines is 1. The number of carbonyl (C=O) groups is 2. The summed E-state index contributed by atoms with van der Waals surface area (Å²) in [4.78, 5) is 26.0. The fourth-order valence-corrected chi connectivity index (χ4v) is 3.76. The number of amides is 1. The molecule has 3 aromatic carbocycles. The van der Waals surface area contributed by atoms with Gasteiger partial charge in [-0.05, 0) is 60.7 Å². The van der Waals surface area contributed by atoms with Crippen LogP contribution in [0.1, 0.15) is 52.6 Å². The summed E-state index contributed by atoms with van der Waals surface area (Å²) in [5.74, 6) is -0.625. The lowest BCUT2D eigenvalue weighted by atomic mass is 10.0. The second-order valence-corrected chi connectivity index (χ2v) is 8.63. The number of benzene rings is 3. The predicted octanol–water partition coefficient (Wildman–Crippen LogP) is 6.56. The highest BCUT2D eigenvalue weighted by Gasteiger charge is 2.24. The molecular formula is C28H26FNO4. The van der Waals surface area contributed by atoms with Gasteiger partial charge in [0.1, 0.15) is 17.1 Å². The minimum atomic E-state index is -0.521. The maximum Gasteiger partial charge on any atom is 0.262 e. The molecule has 0 aliphatic heterocycles. The number of carbonyl (C=O) groups excluding carboxylic acids is 2. The molecule has 0 saturated carbocycles. The van der Waals surface area contributed by atoms with E-state index in [2.05, 4.69) is 19.2 Å². The Labute approximate surface area is 197 Å². The van der Waals surface area contributed by atoms with Crippen molar-refractivity contribution < 1.29 is 23.1 Å². The number of aryl methyl sites for hydroxylation is 2. The minimum Gasteiger partial charge on any atom is -0.483 e. The molecule has 0 fully saturated rings. The maximum absolute atomic E-state index is 14.1. The van der Waals surface area contributed by atoms with Gasteiger partial charge in [-0.3, -0.25) is 9.59 Å². The summed E-state index contributed by atoms with van der Waals surface area (Å²) in [5.41, 5.74) is 3.28. The molecule has 34 heavy (non-hydrogen) atoms. The van der Waals surface area contributed by atoms with Crippen LogP contribution in [0, 0.1) is 19.7 Å². The molecule has 4 aromatic rings. The van der Waals surface area contributed by atoms with Gasteiger partial charge >= 0.3 is 0 Å². The lowest BCUT2D eigenvalue weighted by Crippen LogP contribution is -2.21. The summed E-state index contributed by atoms with van der Waals surface area (Å²) in [6.07, 6.45) is 0. The van der Waals surface area contributed by atoms with Gasteiger partial charge < -0.3 is 14.5 Å². The third-order valence-electron chi connectivity index (χ3n) is 5.65. The molecule has 1 aromatic heterocycles. The molecule has 1 heterocycles. The van der Waals surface area contributed by atoms with Gasteiger partial charge in [-0.1, -0.05) is 50.2 Å². The van der Waals surface area contributed by atoms with Crippen LogP contribution in [0.5, 0.6) is 5.75 Å². The summed E-state index contributed by atoms with van der Waals surface area (Å²) >= 11 is 0. The van der Waals surface area contributed by atoms with E-state index in [4.69, 9.17) is 9.15 Å². The number of hydrogen-bond donors (Lipinski definition) is 1. The normalized spacial score (nSPS) is 11.1. The molecule has 6 heteroatoms. The standard InChI is InChI=1S/C28H26FNO4/c1-16(2)20-12-9-17(3)13-24(20)33-15-25(31)30-26-21-7-5-6-8-23(21)34-28(26)27(32)19-11-10-18(4)22(29)14-19/h5-14,16H,15H2,1-4H3,(H,30,31). The molecule has 1 N–H and O–H groups in total.